The molecule has 1 aliphatic heterocycles. The van der Waals surface area contributed by atoms with Crippen LogP contribution >= 0.6 is 23.2 Å². The number of aliphatic hydroxyl groups is 3. The van der Waals surface area contributed by atoms with Gasteiger partial charge in [-0.15, -0.1) is 5.10 Å². The van der Waals surface area contributed by atoms with Crippen molar-refractivity contribution < 1.29 is 29.6 Å². The molecule has 2 fully saturated rings. The van der Waals surface area contributed by atoms with E-state index in [2.05, 4.69) is 10.3 Å². The van der Waals surface area contributed by atoms with Gasteiger partial charge >= 0.3 is 0 Å². The Kier molecular flexibility index (Phi) is 8.91. The highest BCUT2D eigenvalue weighted by Crippen LogP contribution is 2.37. The lowest BCUT2D eigenvalue weighted by molar-refractivity contribution is -0.211. The maximum atomic E-state index is 14.4. The zero-order valence-electron chi connectivity index (χ0n) is 22.0. The molecule has 2 aromatic carbocycles. The third kappa shape index (κ3) is 5.82. The third-order valence-electron chi connectivity index (χ3n) is 7.64. The zero-order valence-corrected chi connectivity index (χ0v) is 23.6. The Balaban J connectivity index is 1.54. The quantitative estimate of drug-likeness (QED) is 0.371. The first kappa shape index (κ1) is 29.4. The molecule has 1 aromatic heterocycles. The maximum absolute atomic E-state index is 14.4. The second-order valence-corrected chi connectivity index (χ2v) is 11.0. The van der Waals surface area contributed by atoms with Gasteiger partial charge in [-0.3, -0.25) is 4.79 Å². The highest BCUT2D eigenvalue weighted by molar-refractivity contribution is 6.31. The van der Waals surface area contributed by atoms with Gasteiger partial charge in [0.15, 0.2) is 6.10 Å². The molecular weight excluding hydrogens is 573 g/mol. The van der Waals surface area contributed by atoms with Gasteiger partial charge in [-0.05, 0) is 49.6 Å². The molecule has 2 heterocycles. The number of carbonyl (C=O) groups is 1. The number of methoxy groups -OCH3 is 1. The summed E-state index contributed by atoms with van der Waals surface area (Å²) in [6.45, 7) is -0.585. The number of benzene rings is 2. The van der Waals surface area contributed by atoms with Gasteiger partial charge in [0.2, 0.25) is 0 Å². The van der Waals surface area contributed by atoms with E-state index in [0.717, 1.165) is 5.56 Å². The minimum absolute atomic E-state index is 0.240. The largest absolute Gasteiger partial charge is 0.394 e. The van der Waals surface area contributed by atoms with Gasteiger partial charge in [0.1, 0.15) is 30.0 Å². The smallest absolute Gasteiger partial charge is 0.259 e. The van der Waals surface area contributed by atoms with Crippen molar-refractivity contribution >= 4 is 34.8 Å². The van der Waals surface area contributed by atoms with Gasteiger partial charge in [0.25, 0.3) is 5.91 Å². The van der Waals surface area contributed by atoms with Gasteiger partial charge in [0, 0.05) is 28.4 Å². The molecule has 0 spiro atoms. The molecule has 1 saturated heterocycles. The number of hydrogen-bond acceptors (Lipinski definition) is 9. The molecule has 0 bridgehead atoms. The van der Waals surface area contributed by atoms with Crippen LogP contribution in [0, 0.1) is 11.3 Å². The van der Waals surface area contributed by atoms with Crippen molar-refractivity contribution in [3.63, 3.8) is 0 Å². The lowest BCUT2D eigenvalue weighted by atomic mass is 9.91. The molecule has 41 heavy (non-hydrogen) atoms. The average molecular weight is 602 g/mol. The molecule has 1 saturated carbocycles. The monoisotopic (exact) mass is 601 g/mol. The first-order valence-electron chi connectivity index (χ1n) is 13.1. The summed E-state index contributed by atoms with van der Waals surface area (Å²) in [6, 6.07) is 12.0. The van der Waals surface area contributed by atoms with Gasteiger partial charge < -0.3 is 29.7 Å². The molecule has 3 aromatic rings. The van der Waals surface area contributed by atoms with Crippen molar-refractivity contribution in [2.45, 2.75) is 61.9 Å². The lowest BCUT2D eigenvalue weighted by Crippen LogP contribution is -2.62. The number of carbonyl (C=O) groups excluding carboxylic acids is 1. The molecule has 11 nitrogen and oxygen atoms in total. The van der Waals surface area contributed by atoms with Crippen molar-refractivity contribution in [2.24, 2.45) is 0 Å². The highest BCUT2D eigenvalue weighted by Gasteiger charge is 2.52. The van der Waals surface area contributed by atoms with Crippen LogP contribution in [0.4, 0.5) is 5.69 Å². The van der Waals surface area contributed by atoms with Crippen LogP contribution in [0.3, 0.4) is 0 Å². The van der Waals surface area contributed by atoms with E-state index in [1.54, 1.807) is 36.5 Å². The Hall–Kier alpha value is -3.08. The molecule has 5 rings (SSSR count). The summed E-state index contributed by atoms with van der Waals surface area (Å²) in [5, 5.41) is 50.9. The van der Waals surface area contributed by atoms with Crippen LogP contribution < -0.4 is 4.90 Å². The van der Waals surface area contributed by atoms with Crippen molar-refractivity contribution in [1.82, 2.24) is 15.0 Å². The highest BCUT2D eigenvalue weighted by atomic mass is 35.5. The fourth-order valence-electron chi connectivity index (χ4n) is 5.65. The summed E-state index contributed by atoms with van der Waals surface area (Å²) >= 11 is 12.3. The molecule has 2 aliphatic rings. The Bertz CT molecular complexity index is 1430. The number of aliphatic hydroxyl groups excluding tert-OH is 3. The summed E-state index contributed by atoms with van der Waals surface area (Å²) < 4.78 is 13.1. The Labute approximate surface area is 246 Å². The third-order valence-corrected chi connectivity index (χ3v) is 8.11. The Morgan fingerprint density at radius 3 is 2.59 bits per heavy atom. The van der Waals surface area contributed by atoms with Crippen LogP contribution in [0.5, 0.6) is 0 Å². The van der Waals surface area contributed by atoms with Crippen LogP contribution in [0.2, 0.25) is 10.0 Å². The van der Waals surface area contributed by atoms with Gasteiger partial charge in [0.05, 0.1) is 36.6 Å². The predicted octanol–water partition coefficient (Wildman–Crippen LogP) is 2.75. The van der Waals surface area contributed by atoms with E-state index in [1.807, 2.05) is 6.07 Å². The maximum Gasteiger partial charge on any atom is 0.259 e. The number of hydrogen-bond donors (Lipinski definition) is 3. The van der Waals surface area contributed by atoms with E-state index in [-0.39, 0.29) is 10.6 Å². The van der Waals surface area contributed by atoms with Crippen LogP contribution in [0.15, 0.2) is 48.7 Å². The van der Waals surface area contributed by atoms with Crippen LogP contribution in [0.1, 0.15) is 30.9 Å². The summed E-state index contributed by atoms with van der Waals surface area (Å²) in [5.41, 5.74) is 1.79. The number of aromatic nitrogens is 3. The van der Waals surface area contributed by atoms with Crippen LogP contribution in [-0.2, 0) is 14.3 Å². The van der Waals surface area contributed by atoms with Gasteiger partial charge in [-0.1, -0.05) is 40.5 Å². The summed E-state index contributed by atoms with van der Waals surface area (Å²) in [5.74, 6) is -0.581. The predicted molar refractivity (Wildman–Crippen MR) is 149 cm³/mol. The molecule has 7 atom stereocenters. The lowest BCUT2D eigenvalue weighted by Gasteiger charge is -2.45. The fourth-order valence-corrected chi connectivity index (χ4v) is 6.01. The van der Waals surface area contributed by atoms with Crippen molar-refractivity contribution in [2.75, 3.05) is 18.6 Å². The normalized spacial score (nSPS) is 27.9. The molecule has 0 unspecified atom stereocenters. The minimum atomic E-state index is -1.33. The second-order valence-electron chi connectivity index (χ2n) is 10.1. The van der Waals surface area contributed by atoms with Crippen LogP contribution in [-0.4, -0.2) is 86.5 Å². The zero-order chi connectivity index (χ0) is 29.3. The van der Waals surface area contributed by atoms with E-state index in [1.165, 1.54) is 28.8 Å². The number of nitriles is 1. The fraction of sp³-hybridized carbons (Fsp3) is 0.429. The number of anilines is 1. The number of ether oxygens (including phenoxy) is 2. The van der Waals surface area contributed by atoms with E-state index in [0.29, 0.717) is 35.7 Å². The van der Waals surface area contributed by atoms with Gasteiger partial charge in [-0.25, -0.2) is 4.68 Å². The second kappa shape index (κ2) is 12.4. The van der Waals surface area contributed by atoms with E-state index >= 15 is 0 Å². The van der Waals surface area contributed by atoms with Crippen molar-refractivity contribution in [3.8, 4) is 17.3 Å². The number of halogens is 2. The van der Waals surface area contributed by atoms with Crippen molar-refractivity contribution in [3.05, 3.63) is 64.3 Å². The first-order valence-corrected chi connectivity index (χ1v) is 13.9. The first-order chi connectivity index (χ1) is 19.7. The molecule has 1 aliphatic carbocycles. The molecule has 216 valence electrons. The summed E-state index contributed by atoms with van der Waals surface area (Å²) in [4.78, 5) is 15.8. The summed E-state index contributed by atoms with van der Waals surface area (Å²) in [7, 11) is 1.38. The number of amides is 1. The average Bonchev–Trinajstić information content (AvgIpc) is 3.62. The Morgan fingerprint density at radius 2 is 1.95 bits per heavy atom. The molecule has 0 radical (unpaired) electrons. The molecule has 13 heteroatoms. The van der Waals surface area contributed by atoms with E-state index in [4.69, 9.17) is 32.7 Å². The van der Waals surface area contributed by atoms with E-state index in [9.17, 15) is 25.4 Å². The summed E-state index contributed by atoms with van der Waals surface area (Å²) in [6.07, 6.45) is -2.39. The SMILES string of the molecule is CO[C@@H]1[C@@H](n2cc(-c3ccc(Cl)cc3)nn2)[C@@H](O)[C@@H](CO)O[C@H]1C(=O)N(c1cc(Cl)cc(C#N)c1)[C@@H]1CCC[C@H]1O. The topological polar surface area (TPSA) is 154 Å². The molecule has 1 amide bonds. The van der Waals surface area contributed by atoms with E-state index < -0.39 is 55.1 Å². The Morgan fingerprint density at radius 1 is 1.20 bits per heavy atom. The molecule has 3 N–H and O–H groups in total. The van der Waals surface area contributed by atoms with Gasteiger partial charge in [-0.2, -0.15) is 5.26 Å². The molecular formula is C28H29Cl2N5O6. The standard InChI is InChI=1S/C28H29Cl2N5O6/c1-40-26-24(34-13-20(32-33-34)16-5-7-17(29)8-6-16)25(38)23(14-36)41-27(26)28(39)35(21-3-2-4-22(21)37)19-10-15(12-31)9-18(30)11-19/h5-11,13,21-27,36-38H,2-4,14H2,1H3/t21-,22-,23-,24+,25+,26-,27-/m1/s1. The minimum Gasteiger partial charge on any atom is -0.394 e. The number of rotatable bonds is 7. The van der Waals surface area contributed by atoms with Crippen LogP contribution in [0.25, 0.3) is 11.3 Å². The van der Waals surface area contributed by atoms with Crippen molar-refractivity contribution in [1.29, 1.82) is 5.26 Å². The number of nitrogens with zero attached hydrogens (tertiary/aromatic N) is 5.